The summed E-state index contributed by atoms with van der Waals surface area (Å²) in [7, 11) is 0. The van der Waals surface area contributed by atoms with Gasteiger partial charge in [-0.3, -0.25) is 4.79 Å². The standard InChI is InChI=1S/C18H24N6OS/c1-2-20-16(25)15-5-3-4-14(12-15)13-22-17(19)23-7-9-24(10-8-23)18-21-6-11-26-18/h3-6,11-12H,2,7-10,13H2,1H3,(H2,19,22)(H,20,25). The number of thiazole rings is 1. The van der Waals surface area contributed by atoms with E-state index < -0.39 is 0 Å². The van der Waals surface area contributed by atoms with E-state index in [2.05, 4.69) is 25.1 Å². The quantitative estimate of drug-likeness (QED) is 0.614. The van der Waals surface area contributed by atoms with Crippen molar-refractivity contribution in [3.05, 3.63) is 47.0 Å². The van der Waals surface area contributed by atoms with Gasteiger partial charge in [-0.05, 0) is 24.6 Å². The van der Waals surface area contributed by atoms with E-state index in [-0.39, 0.29) is 5.91 Å². The zero-order chi connectivity index (χ0) is 18.4. The van der Waals surface area contributed by atoms with Crippen molar-refractivity contribution in [3.63, 3.8) is 0 Å². The van der Waals surface area contributed by atoms with Gasteiger partial charge in [0.05, 0.1) is 6.54 Å². The number of benzene rings is 1. The third kappa shape index (κ3) is 4.51. The van der Waals surface area contributed by atoms with Crippen LogP contribution in [0.25, 0.3) is 0 Å². The number of hydrogen-bond acceptors (Lipinski definition) is 5. The highest BCUT2D eigenvalue weighted by Crippen LogP contribution is 2.18. The molecule has 138 valence electrons. The number of nitrogens with one attached hydrogen (secondary N) is 1. The minimum atomic E-state index is -0.0652. The molecule has 8 heteroatoms. The van der Waals surface area contributed by atoms with Gasteiger partial charge in [-0.1, -0.05) is 12.1 Å². The van der Waals surface area contributed by atoms with Crippen LogP contribution in [0.15, 0.2) is 40.8 Å². The lowest BCUT2D eigenvalue weighted by Gasteiger charge is -2.35. The Kier molecular flexibility index (Phi) is 6.06. The van der Waals surface area contributed by atoms with Crippen LogP contribution in [0.3, 0.4) is 0 Å². The molecule has 0 radical (unpaired) electrons. The van der Waals surface area contributed by atoms with Crippen molar-refractivity contribution >= 4 is 28.3 Å². The fourth-order valence-corrected chi connectivity index (χ4v) is 3.54. The SMILES string of the molecule is CCNC(=O)c1cccc(CN=C(N)N2CCN(c3nccs3)CC2)c1. The molecule has 1 aromatic carbocycles. The second kappa shape index (κ2) is 8.66. The normalized spacial score (nSPS) is 15.2. The number of amides is 1. The summed E-state index contributed by atoms with van der Waals surface area (Å²) in [6.07, 6.45) is 1.83. The van der Waals surface area contributed by atoms with Gasteiger partial charge in [0.25, 0.3) is 5.91 Å². The zero-order valence-corrected chi connectivity index (χ0v) is 15.7. The minimum absolute atomic E-state index is 0.0652. The summed E-state index contributed by atoms with van der Waals surface area (Å²) >= 11 is 1.66. The van der Waals surface area contributed by atoms with Crippen molar-refractivity contribution in [2.24, 2.45) is 10.7 Å². The van der Waals surface area contributed by atoms with Crippen molar-refractivity contribution < 1.29 is 4.79 Å². The summed E-state index contributed by atoms with van der Waals surface area (Å²) < 4.78 is 0. The van der Waals surface area contributed by atoms with Crippen LogP contribution in [0.4, 0.5) is 5.13 Å². The summed E-state index contributed by atoms with van der Waals surface area (Å²) in [6, 6.07) is 7.50. The van der Waals surface area contributed by atoms with Crippen LogP contribution in [0.2, 0.25) is 0 Å². The molecule has 1 aromatic heterocycles. The van der Waals surface area contributed by atoms with Crippen molar-refractivity contribution in [2.45, 2.75) is 13.5 Å². The summed E-state index contributed by atoms with van der Waals surface area (Å²) in [5, 5.41) is 5.85. The average Bonchev–Trinajstić information content (AvgIpc) is 3.21. The Morgan fingerprint density at radius 1 is 1.35 bits per heavy atom. The van der Waals surface area contributed by atoms with Crippen LogP contribution in [0.1, 0.15) is 22.8 Å². The van der Waals surface area contributed by atoms with Gasteiger partial charge in [0, 0.05) is 49.9 Å². The highest BCUT2D eigenvalue weighted by Gasteiger charge is 2.19. The van der Waals surface area contributed by atoms with Crippen molar-refractivity contribution in [1.29, 1.82) is 0 Å². The number of nitrogens with two attached hydrogens (primary N) is 1. The maximum atomic E-state index is 11.9. The molecule has 7 nitrogen and oxygen atoms in total. The molecule has 2 aromatic rings. The van der Waals surface area contributed by atoms with Crippen LogP contribution in [-0.4, -0.2) is 54.5 Å². The third-order valence-electron chi connectivity index (χ3n) is 4.24. The summed E-state index contributed by atoms with van der Waals surface area (Å²) in [4.78, 5) is 25.1. The first kappa shape index (κ1) is 18.2. The molecule has 1 fully saturated rings. The van der Waals surface area contributed by atoms with Gasteiger partial charge in [0.2, 0.25) is 0 Å². The molecule has 1 aliphatic rings. The Labute approximate surface area is 157 Å². The van der Waals surface area contributed by atoms with E-state index in [1.165, 1.54) is 0 Å². The predicted molar refractivity (Wildman–Crippen MR) is 106 cm³/mol. The molecule has 1 aliphatic heterocycles. The maximum absolute atomic E-state index is 11.9. The third-order valence-corrected chi connectivity index (χ3v) is 5.08. The fourth-order valence-electron chi connectivity index (χ4n) is 2.84. The zero-order valence-electron chi connectivity index (χ0n) is 14.9. The van der Waals surface area contributed by atoms with E-state index in [9.17, 15) is 4.79 Å². The molecule has 0 spiro atoms. The van der Waals surface area contributed by atoms with Gasteiger partial charge < -0.3 is 20.9 Å². The van der Waals surface area contributed by atoms with E-state index in [4.69, 9.17) is 5.73 Å². The molecule has 3 rings (SSSR count). The van der Waals surface area contributed by atoms with Crippen LogP contribution in [-0.2, 0) is 6.54 Å². The largest absolute Gasteiger partial charge is 0.370 e. The number of anilines is 1. The Bertz CT molecular complexity index is 753. The minimum Gasteiger partial charge on any atom is -0.370 e. The maximum Gasteiger partial charge on any atom is 0.251 e. The Morgan fingerprint density at radius 2 is 2.15 bits per heavy atom. The number of carbonyl (C=O) groups is 1. The van der Waals surface area contributed by atoms with Gasteiger partial charge in [0.1, 0.15) is 0 Å². The molecule has 0 aliphatic carbocycles. The lowest BCUT2D eigenvalue weighted by molar-refractivity contribution is 0.0955. The highest BCUT2D eigenvalue weighted by atomic mass is 32.1. The first-order chi connectivity index (χ1) is 12.7. The molecule has 2 heterocycles. The van der Waals surface area contributed by atoms with E-state index in [1.54, 1.807) is 17.4 Å². The molecular weight excluding hydrogens is 348 g/mol. The summed E-state index contributed by atoms with van der Waals surface area (Å²) in [6.45, 7) is 6.41. The highest BCUT2D eigenvalue weighted by molar-refractivity contribution is 7.13. The summed E-state index contributed by atoms with van der Waals surface area (Å²) in [5.74, 6) is 0.483. The average molecular weight is 372 g/mol. The Morgan fingerprint density at radius 3 is 2.85 bits per heavy atom. The van der Waals surface area contributed by atoms with E-state index in [0.29, 0.717) is 24.6 Å². The number of hydrogen-bond donors (Lipinski definition) is 2. The molecule has 0 unspecified atom stereocenters. The second-order valence-corrected chi connectivity index (χ2v) is 6.90. The number of aliphatic imine (C=N–C) groups is 1. The van der Waals surface area contributed by atoms with Crippen molar-refractivity contribution in [1.82, 2.24) is 15.2 Å². The summed E-state index contributed by atoms with van der Waals surface area (Å²) in [5.41, 5.74) is 7.79. The van der Waals surface area contributed by atoms with Gasteiger partial charge >= 0.3 is 0 Å². The van der Waals surface area contributed by atoms with E-state index in [0.717, 1.165) is 36.9 Å². The number of guanidine groups is 1. The molecule has 1 amide bonds. The van der Waals surface area contributed by atoms with Crippen LogP contribution >= 0.6 is 11.3 Å². The first-order valence-electron chi connectivity index (χ1n) is 8.74. The molecule has 26 heavy (non-hydrogen) atoms. The van der Waals surface area contributed by atoms with E-state index >= 15 is 0 Å². The van der Waals surface area contributed by atoms with Gasteiger partial charge in [-0.15, -0.1) is 11.3 Å². The van der Waals surface area contributed by atoms with Crippen molar-refractivity contribution in [3.8, 4) is 0 Å². The predicted octanol–water partition coefficient (Wildman–Crippen LogP) is 1.53. The molecular formula is C18H24N6OS. The molecule has 3 N–H and O–H groups in total. The second-order valence-electron chi connectivity index (χ2n) is 6.02. The Balaban J connectivity index is 1.56. The van der Waals surface area contributed by atoms with Gasteiger partial charge in [-0.25, -0.2) is 9.98 Å². The van der Waals surface area contributed by atoms with E-state index in [1.807, 2.05) is 36.7 Å². The molecule has 0 atom stereocenters. The number of piperazine rings is 1. The van der Waals surface area contributed by atoms with Crippen LogP contribution in [0.5, 0.6) is 0 Å². The molecule has 1 saturated heterocycles. The number of carbonyl (C=O) groups excluding carboxylic acids is 1. The lowest BCUT2D eigenvalue weighted by atomic mass is 10.1. The number of aromatic nitrogens is 1. The van der Waals surface area contributed by atoms with Crippen LogP contribution in [0, 0.1) is 0 Å². The molecule has 0 saturated carbocycles. The Hall–Kier alpha value is -2.61. The monoisotopic (exact) mass is 372 g/mol. The van der Waals surface area contributed by atoms with Crippen molar-refractivity contribution in [2.75, 3.05) is 37.6 Å². The molecule has 0 bridgehead atoms. The smallest absolute Gasteiger partial charge is 0.251 e. The fraction of sp³-hybridized carbons (Fsp3) is 0.389. The lowest BCUT2D eigenvalue weighted by Crippen LogP contribution is -2.51. The number of nitrogens with zero attached hydrogens (tertiary/aromatic N) is 4. The topological polar surface area (TPSA) is 86.8 Å². The first-order valence-corrected chi connectivity index (χ1v) is 9.61. The number of rotatable bonds is 5. The van der Waals surface area contributed by atoms with Gasteiger partial charge in [-0.2, -0.15) is 0 Å². The van der Waals surface area contributed by atoms with Crippen LogP contribution < -0.4 is 16.0 Å². The van der Waals surface area contributed by atoms with Gasteiger partial charge in [0.15, 0.2) is 11.1 Å².